The third kappa shape index (κ3) is 1.87. The van der Waals surface area contributed by atoms with E-state index in [4.69, 9.17) is 6.42 Å². The maximum atomic E-state index is 5.64. The van der Waals surface area contributed by atoms with Crippen molar-refractivity contribution in [2.45, 2.75) is 12.8 Å². The first-order valence-corrected chi connectivity index (χ1v) is 5.36. The maximum Gasteiger partial charge on any atom is 0.0851 e. The smallest absolute Gasteiger partial charge is 0.0851 e. The lowest BCUT2D eigenvalue weighted by molar-refractivity contribution is 0.819. The molecule has 2 aromatic rings. The average molecular weight is 209 g/mol. The van der Waals surface area contributed by atoms with Crippen molar-refractivity contribution < 1.29 is 0 Å². The van der Waals surface area contributed by atoms with Crippen LogP contribution in [0.4, 0.5) is 0 Å². The van der Waals surface area contributed by atoms with Gasteiger partial charge in [0.25, 0.3) is 0 Å². The first kappa shape index (κ1) is 10.6. The zero-order chi connectivity index (χ0) is 11.5. The highest BCUT2D eigenvalue weighted by atomic mass is 14.9. The summed E-state index contributed by atoms with van der Waals surface area (Å²) in [4.78, 5) is 0. The molecular formula is C15H15N. The minimum Gasteiger partial charge on any atom is -0.353 e. The lowest BCUT2D eigenvalue weighted by Gasteiger charge is -2.12. The highest BCUT2D eigenvalue weighted by Crippen LogP contribution is 2.24. The Morgan fingerprint density at radius 1 is 1.19 bits per heavy atom. The van der Waals surface area contributed by atoms with Gasteiger partial charge in [-0.15, -0.1) is 6.42 Å². The number of aryl methyl sites for hydroxylation is 2. The standard InChI is InChI=1S/C15H15N/c1-4-14(15-6-5-11-16(15)3)13-9-7-12(2)8-10-13/h1,5-11,14H,2-3H3. The molecule has 0 bridgehead atoms. The molecule has 0 aliphatic rings. The molecule has 0 saturated heterocycles. The van der Waals surface area contributed by atoms with Crippen LogP contribution >= 0.6 is 0 Å². The van der Waals surface area contributed by atoms with Crippen LogP contribution in [0.25, 0.3) is 0 Å². The van der Waals surface area contributed by atoms with Crippen molar-refractivity contribution in [1.29, 1.82) is 0 Å². The van der Waals surface area contributed by atoms with Crippen molar-refractivity contribution in [3.05, 3.63) is 59.4 Å². The Bertz CT molecular complexity index is 511. The van der Waals surface area contributed by atoms with Gasteiger partial charge in [-0.25, -0.2) is 0 Å². The summed E-state index contributed by atoms with van der Waals surface area (Å²) < 4.78 is 2.07. The molecule has 16 heavy (non-hydrogen) atoms. The molecule has 0 spiro atoms. The van der Waals surface area contributed by atoms with Crippen LogP contribution in [0.1, 0.15) is 22.7 Å². The predicted molar refractivity (Wildman–Crippen MR) is 67.3 cm³/mol. The monoisotopic (exact) mass is 209 g/mol. The van der Waals surface area contributed by atoms with E-state index in [1.807, 2.05) is 19.3 Å². The summed E-state index contributed by atoms with van der Waals surface area (Å²) in [7, 11) is 2.02. The van der Waals surface area contributed by atoms with Crippen molar-refractivity contribution in [2.75, 3.05) is 0 Å². The highest BCUT2D eigenvalue weighted by molar-refractivity contribution is 5.37. The number of benzene rings is 1. The number of nitrogens with zero attached hydrogens (tertiary/aromatic N) is 1. The molecule has 0 fully saturated rings. The highest BCUT2D eigenvalue weighted by Gasteiger charge is 2.13. The second kappa shape index (κ2) is 4.28. The largest absolute Gasteiger partial charge is 0.353 e. The van der Waals surface area contributed by atoms with Gasteiger partial charge in [0.1, 0.15) is 0 Å². The zero-order valence-corrected chi connectivity index (χ0v) is 9.64. The van der Waals surface area contributed by atoms with Gasteiger partial charge in [-0.1, -0.05) is 35.7 Å². The maximum absolute atomic E-state index is 5.64. The molecule has 1 unspecified atom stereocenters. The zero-order valence-electron chi connectivity index (χ0n) is 9.64. The Kier molecular flexibility index (Phi) is 2.83. The summed E-state index contributed by atoms with van der Waals surface area (Å²) in [6.45, 7) is 2.08. The van der Waals surface area contributed by atoms with E-state index >= 15 is 0 Å². The second-order valence-electron chi connectivity index (χ2n) is 4.05. The number of hydrogen-bond donors (Lipinski definition) is 0. The summed E-state index contributed by atoms with van der Waals surface area (Å²) in [6.07, 6.45) is 7.66. The van der Waals surface area contributed by atoms with E-state index in [-0.39, 0.29) is 5.92 Å². The van der Waals surface area contributed by atoms with Gasteiger partial charge >= 0.3 is 0 Å². The van der Waals surface area contributed by atoms with E-state index in [1.54, 1.807) is 0 Å². The van der Waals surface area contributed by atoms with Crippen LogP contribution in [0.5, 0.6) is 0 Å². The molecule has 2 rings (SSSR count). The topological polar surface area (TPSA) is 4.93 Å². The summed E-state index contributed by atoms with van der Waals surface area (Å²) >= 11 is 0. The first-order chi connectivity index (χ1) is 7.72. The van der Waals surface area contributed by atoms with Crippen LogP contribution in [-0.4, -0.2) is 4.57 Å². The second-order valence-corrected chi connectivity index (χ2v) is 4.05. The molecule has 1 heterocycles. The molecule has 1 heteroatoms. The lowest BCUT2D eigenvalue weighted by Crippen LogP contribution is -2.03. The molecule has 0 amide bonds. The third-order valence-electron chi connectivity index (χ3n) is 2.86. The van der Waals surface area contributed by atoms with E-state index in [1.165, 1.54) is 11.1 Å². The molecule has 1 aromatic carbocycles. The normalized spacial score (nSPS) is 12.1. The minimum absolute atomic E-state index is 0.0422. The van der Waals surface area contributed by atoms with Crippen LogP contribution in [0, 0.1) is 19.3 Å². The van der Waals surface area contributed by atoms with Gasteiger partial charge < -0.3 is 4.57 Å². The first-order valence-electron chi connectivity index (χ1n) is 5.36. The molecule has 1 aromatic heterocycles. The summed E-state index contributed by atoms with van der Waals surface area (Å²) in [6, 6.07) is 12.5. The average Bonchev–Trinajstić information content (AvgIpc) is 2.69. The Morgan fingerprint density at radius 3 is 2.38 bits per heavy atom. The quantitative estimate of drug-likeness (QED) is 0.670. The van der Waals surface area contributed by atoms with Gasteiger partial charge in [-0.05, 0) is 24.6 Å². The molecule has 0 N–H and O–H groups in total. The van der Waals surface area contributed by atoms with E-state index in [0.717, 1.165) is 5.69 Å². The SMILES string of the molecule is C#CC(c1ccc(C)cc1)c1cccn1C. The number of rotatable bonds is 2. The Labute approximate surface area is 96.7 Å². The van der Waals surface area contributed by atoms with Crippen molar-refractivity contribution in [3.8, 4) is 12.3 Å². The van der Waals surface area contributed by atoms with E-state index < -0.39 is 0 Å². The van der Waals surface area contributed by atoms with Gasteiger partial charge in [-0.3, -0.25) is 0 Å². The third-order valence-corrected chi connectivity index (χ3v) is 2.86. The van der Waals surface area contributed by atoms with Gasteiger partial charge in [0.15, 0.2) is 0 Å². The van der Waals surface area contributed by atoms with Crippen LogP contribution in [0.15, 0.2) is 42.6 Å². The molecular weight excluding hydrogens is 194 g/mol. The van der Waals surface area contributed by atoms with Gasteiger partial charge in [0, 0.05) is 18.9 Å². The number of aromatic nitrogens is 1. The summed E-state index contributed by atoms with van der Waals surface area (Å²) in [5, 5.41) is 0. The van der Waals surface area contributed by atoms with Gasteiger partial charge in [0.2, 0.25) is 0 Å². The Balaban J connectivity index is 2.42. The molecule has 0 radical (unpaired) electrons. The molecule has 1 atom stereocenters. The summed E-state index contributed by atoms with van der Waals surface area (Å²) in [5.74, 6) is 2.90. The van der Waals surface area contributed by atoms with Gasteiger partial charge in [-0.2, -0.15) is 0 Å². The Hall–Kier alpha value is -1.94. The van der Waals surface area contributed by atoms with Crippen LogP contribution < -0.4 is 0 Å². The van der Waals surface area contributed by atoms with E-state index in [9.17, 15) is 0 Å². The van der Waals surface area contributed by atoms with Crippen LogP contribution in [0.2, 0.25) is 0 Å². The molecule has 0 aliphatic carbocycles. The molecule has 1 nitrogen and oxygen atoms in total. The lowest BCUT2D eigenvalue weighted by atomic mass is 9.96. The molecule has 80 valence electrons. The molecule has 0 saturated carbocycles. The van der Waals surface area contributed by atoms with Crippen molar-refractivity contribution in [2.24, 2.45) is 7.05 Å². The van der Waals surface area contributed by atoms with Crippen molar-refractivity contribution >= 4 is 0 Å². The fourth-order valence-corrected chi connectivity index (χ4v) is 1.89. The van der Waals surface area contributed by atoms with Crippen molar-refractivity contribution in [3.63, 3.8) is 0 Å². The Morgan fingerprint density at radius 2 is 1.88 bits per heavy atom. The van der Waals surface area contributed by atoms with Crippen LogP contribution in [0.3, 0.4) is 0 Å². The van der Waals surface area contributed by atoms with Gasteiger partial charge in [0.05, 0.1) is 5.92 Å². The summed E-state index contributed by atoms with van der Waals surface area (Å²) in [5.41, 5.74) is 3.59. The number of terminal acetylenes is 1. The number of hydrogen-bond acceptors (Lipinski definition) is 0. The van der Waals surface area contributed by atoms with E-state index in [0.29, 0.717) is 0 Å². The minimum atomic E-state index is 0.0422. The van der Waals surface area contributed by atoms with Crippen molar-refractivity contribution in [1.82, 2.24) is 4.57 Å². The fraction of sp³-hybridized carbons (Fsp3) is 0.200. The van der Waals surface area contributed by atoms with E-state index in [2.05, 4.69) is 47.7 Å². The molecule has 0 aliphatic heterocycles. The fourth-order valence-electron chi connectivity index (χ4n) is 1.89. The van der Waals surface area contributed by atoms with Crippen LogP contribution in [-0.2, 0) is 7.05 Å². The predicted octanol–water partition coefficient (Wildman–Crippen LogP) is 3.10.